The van der Waals surface area contributed by atoms with Gasteiger partial charge in [0, 0.05) is 20.3 Å². The van der Waals surface area contributed by atoms with Gasteiger partial charge in [0.15, 0.2) is 5.13 Å². The van der Waals surface area contributed by atoms with Crippen LogP contribution in [0.1, 0.15) is 44.2 Å². The van der Waals surface area contributed by atoms with Crippen molar-refractivity contribution >= 4 is 16.5 Å². The highest BCUT2D eigenvalue weighted by molar-refractivity contribution is 7.18. The molecule has 0 aliphatic heterocycles. The molecule has 0 N–H and O–H groups in total. The first-order valence-corrected chi connectivity index (χ1v) is 8.60. The Kier molecular flexibility index (Phi) is 7.44. The molecule has 0 radical (unpaired) electrons. The summed E-state index contributed by atoms with van der Waals surface area (Å²) < 4.78 is 0. The molecular weight excluding hydrogens is 276 g/mol. The van der Waals surface area contributed by atoms with Crippen LogP contribution in [0, 0.1) is 13.8 Å². The predicted octanol–water partition coefficient (Wildman–Crippen LogP) is 5.69. The van der Waals surface area contributed by atoms with Crippen LogP contribution >= 0.6 is 11.3 Å². The van der Waals surface area contributed by atoms with E-state index in [1.807, 2.05) is 39.0 Å². The van der Waals surface area contributed by atoms with Gasteiger partial charge in [-0.25, -0.2) is 4.98 Å². The highest BCUT2D eigenvalue weighted by Gasteiger charge is 2.06. The van der Waals surface area contributed by atoms with Gasteiger partial charge in [0.05, 0.1) is 4.88 Å². The fourth-order valence-electron chi connectivity index (χ4n) is 1.50. The summed E-state index contributed by atoms with van der Waals surface area (Å²) in [5.74, 6) is 0. The molecule has 21 heavy (non-hydrogen) atoms. The first kappa shape index (κ1) is 17.7. The van der Waals surface area contributed by atoms with Gasteiger partial charge >= 0.3 is 0 Å². The van der Waals surface area contributed by atoms with Crippen LogP contribution in [0.25, 0.3) is 10.4 Å². The van der Waals surface area contributed by atoms with Gasteiger partial charge in [0.1, 0.15) is 0 Å². The second-order valence-electron chi connectivity index (χ2n) is 5.26. The number of hydrogen-bond acceptors (Lipinski definition) is 3. The Morgan fingerprint density at radius 3 is 2.05 bits per heavy atom. The number of rotatable bonds is 2. The largest absolute Gasteiger partial charge is 0.354 e. The van der Waals surface area contributed by atoms with Gasteiger partial charge in [-0.05, 0) is 30.5 Å². The molecule has 116 valence electrons. The van der Waals surface area contributed by atoms with Crippen LogP contribution < -0.4 is 4.90 Å². The molecular formula is C18H28N2S. The number of aryl methyl sites for hydroxylation is 2. The monoisotopic (exact) mass is 304 g/mol. The van der Waals surface area contributed by atoms with Crippen molar-refractivity contribution in [3.8, 4) is 10.4 Å². The molecule has 1 aliphatic carbocycles. The van der Waals surface area contributed by atoms with Gasteiger partial charge in [0.25, 0.3) is 0 Å². The van der Waals surface area contributed by atoms with Crippen molar-refractivity contribution in [3.05, 3.63) is 35.5 Å². The van der Waals surface area contributed by atoms with E-state index in [1.54, 1.807) is 11.3 Å². The SMILES string of the molecule is C1CC1.CC.Cc1ccc(-c2cnc(N(C)C)s2)cc1C. The molecule has 0 spiro atoms. The van der Waals surface area contributed by atoms with Crippen molar-refractivity contribution < 1.29 is 0 Å². The lowest BCUT2D eigenvalue weighted by molar-refractivity contribution is 1.11. The standard InChI is InChI=1S/C13H16N2S.C3H6.C2H6/c1-9-5-6-11(7-10(9)2)12-8-14-13(16-12)15(3)4;1-2-3-1;1-2/h5-8H,1-4H3;1-3H2;1-2H3. The first-order valence-electron chi connectivity index (χ1n) is 7.78. The molecule has 1 aromatic heterocycles. The normalized spacial score (nSPS) is 11.7. The van der Waals surface area contributed by atoms with Crippen molar-refractivity contribution in [1.82, 2.24) is 4.98 Å². The quantitative estimate of drug-likeness (QED) is 0.708. The van der Waals surface area contributed by atoms with Crippen molar-refractivity contribution in [2.45, 2.75) is 47.0 Å². The molecule has 0 saturated heterocycles. The topological polar surface area (TPSA) is 16.1 Å². The smallest absolute Gasteiger partial charge is 0.185 e. The van der Waals surface area contributed by atoms with Crippen molar-refractivity contribution in [3.63, 3.8) is 0 Å². The van der Waals surface area contributed by atoms with E-state index in [0.29, 0.717) is 0 Å². The lowest BCUT2D eigenvalue weighted by Crippen LogP contribution is -2.07. The third-order valence-electron chi connectivity index (χ3n) is 3.02. The van der Waals surface area contributed by atoms with E-state index in [0.717, 1.165) is 5.13 Å². The summed E-state index contributed by atoms with van der Waals surface area (Å²) in [5, 5.41) is 1.05. The van der Waals surface area contributed by atoms with E-state index in [2.05, 4.69) is 37.0 Å². The summed E-state index contributed by atoms with van der Waals surface area (Å²) in [6.07, 6.45) is 6.45. The van der Waals surface area contributed by atoms with E-state index < -0.39 is 0 Å². The zero-order chi connectivity index (χ0) is 15.8. The van der Waals surface area contributed by atoms with Gasteiger partial charge < -0.3 is 4.90 Å². The summed E-state index contributed by atoms with van der Waals surface area (Å²) in [5.41, 5.74) is 3.92. The molecule has 1 fully saturated rings. The number of nitrogens with zero attached hydrogens (tertiary/aromatic N) is 2. The number of anilines is 1. The Bertz CT molecular complexity index is 539. The van der Waals surface area contributed by atoms with Crippen LogP contribution in [-0.4, -0.2) is 19.1 Å². The average molecular weight is 305 g/mol. The zero-order valence-electron chi connectivity index (χ0n) is 14.2. The van der Waals surface area contributed by atoms with E-state index in [-0.39, 0.29) is 0 Å². The molecule has 3 rings (SSSR count). The summed E-state index contributed by atoms with van der Waals surface area (Å²) in [7, 11) is 4.03. The lowest BCUT2D eigenvalue weighted by Gasteiger charge is -2.05. The third-order valence-corrected chi connectivity index (χ3v) is 4.24. The van der Waals surface area contributed by atoms with Crippen LogP contribution in [0.15, 0.2) is 24.4 Å². The molecule has 0 amide bonds. The molecule has 1 heterocycles. The Hall–Kier alpha value is -1.35. The molecule has 1 aliphatic rings. The van der Waals surface area contributed by atoms with Gasteiger partial charge in [-0.3, -0.25) is 0 Å². The lowest BCUT2D eigenvalue weighted by atomic mass is 10.1. The maximum Gasteiger partial charge on any atom is 0.185 e. The van der Waals surface area contributed by atoms with Gasteiger partial charge in [-0.1, -0.05) is 62.6 Å². The van der Waals surface area contributed by atoms with E-state index in [1.165, 1.54) is 40.8 Å². The summed E-state index contributed by atoms with van der Waals surface area (Å²) in [6, 6.07) is 6.55. The highest BCUT2D eigenvalue weighted by atomic mass is 32.1. The Morgan fingerprint density at radius 1 is 1.00 bits per heavy atom. The van der Waals surface area contributed by atoms with Crippen molar-refractivity contribution in [2.24, 2.45) is 0 Å². The first-order chi connectivity index (χ1) is 10.1. The van der Waals surface area contributed by atoms with Gasteiger partial charge in [-0.15, -0.1) is 0 Å². The van der Waals surface area contributed by atoms with Gasteiger partial charge in [0.2, 0.25) is 0 Å². The Labute approximate surface area is 133 Å². The summed E-state index contributed by atoms with van der Waals surface area (Å²) >= 11 is 1.72. The Balaban J connectivity index is 0.000000380. The number of aromatic nitrogens is 1. The number of hydrogen-bond donors (Lipinski definition) is 0. The molecule has 2 nitrogen and oxygen atoms in total. The van der Waals surface area contributed by atoms with E-state index in [9.17, 15) is 0 Å². The number of thiazole rings is 1. The zero-order valence-corrected chi connectivity index (χ0v) is 15.0. The molecule has 3 heteroatoms. The molecule has 0 bridgehead atoms. The molecule has 1 aromatic carbocycles. The van der Waals surface area contributed by atoms with Gasteiger partial charge in [-0.2, -0.15) is 0 Å². The summed E-state index contributed by atoms with van der Waals surface area (Å²) in [6.45, 7) is 8.28. The van der Waals surface area contributed by atoms with Crippen LogP contribution in [-0.2, 0) is 0 Å². The third kappa shape index (κ3) is 5.88. The van der Waals surface area contributed by atoms with Crippen molar-refractivity contribution in [2.75, 3.05) is 19.0 Å². The van der Waals surface area contributed by atoms with Crippen LogP contribution in [0.4, 0.5) is 5.13 Å². The molecule has 1 saturated carbocycles. The minimum absolute atomic E-state index is 1.05. The number of benzene rings is 1. The van der Waals surface area contributed by atoms with Crippen LogP contribution in [0.5, 0.6) is 0 Å². The molecule has 2 aromatic rings. The maximum atomic E-state index is 4.39. The second kappa shape index (κ2) is 8.83. The minimum atomic E-state index is 1.05. The second-order valence-corrected chi connectivity index (χ2v) is 6.27. The highest BCUT2D eigenvalue weighted by Crippen LogP contribution is 2.31. The van der Waals surface area contributed by atoms with E-state index in [4.69, 9.17) is 0 Å². The average Bonchev–Trinajstić information content (AvgIpc) is 3.28. The molecule has 0 atom stereocenters. The van der Waals surface area contributed by atoms with Crippen LogP contribution in [0.3, 0.4) is 0 Å². The molecule has 0 unspecified atom stereocenters. The van der Waals surface area contributed by atoms with E-state index >= 15 is 0 Å². The maximum absolute atomic E-state index is 4.39. The van der Waals surface area contributed by atoms with Crippen molar-refractivity contribution in [1.29, 1.82) is 0 Å². The predicted molar refractivity (Wildman–Crippen MR) is 96.6 cm³/mol. The Morgan fingerprint density at radius 2 is 1.62 bits per heavy atom. The fourth-order valence-corrected chi connectivity index (χ4v) is 2.33. The summed E-state index contributed by atoms with van der Waals surface area (Å²) in [4.78, 5) is 7.65. The fraction of sp³-hybridized carbons (Fsp3) is 0.500. The van der Waals surface area contributed by atoms with Crippen LogP contribution in [0.2, 0.25) is 0 Å². The minimum Gasteiger partial charge on any atom is -0.354 e.